The summed E-state index contributed by atoms with van der Waals surface area (Å²) in [6, 6.07) is 9.87. The third kappa shape index (κ3) is 2.35. The summed E-state index contributed by atoms with van der Waals surface area (Å²) in [5, 5.41) is 7.26. The number of nitrogens with zero attached hydrogens (tertiary/aromatic N) is 1. The SMILES string of the molecule is O=S(=O)(Nc1cccc(F)c1)c1ccc2[nH]ncc2c1. The summed E-state index contributed by atoms with van der Waals surface area (Å²) in [5.74, 6) is -0.504. The fourth-order valence-electron chi connectivity index (χ4n) is 1.85. The number of halogens is 1. The molecule has 0 aliphatic carbocycles. The molecular weight excluding hydrogens is 281 g/mol. The Morgan fingerprint density at radius 3 is 2.80 bits per heavy atom. The van der Waals surface area contributed by atoms with Crippen LogP contribution in [0.2, 0.25) is 0 Å². The minimum absolute atomic E-state index is 0.0932. The van der Waals surface area contributed by atoms with Crippen LogP contribution in [-0.2, 0) is 10.0 Å². The van der Waals surface area contributed by atoms with Gasteiger partial charge in [-0.1, -0.05) is 6.07 Å². The molecule has 0 fully saturated rings. The molecule has 0 saturated carbocycles. The number of nitrogens with one attached hydrogen (secondary N) is 2. The smallest absolute Gasteiger partial charge is 0.261 e. The van der Waals surface area contributed by atoms with Gasteiger partial charge in [0.1, 0.15) is 5.82 Å². The van der Waals surface area contributed by atoms with Crippen LogP contribution in [0, 0.1) is 5.82 Å². The zero-order valence-corrected chi connectivity index (χ0v) is 11.0. The molecule has 0 aliphatic rings. The van der Waals surface area contributed by atoms with Gasteiger partial charge in [0.25, 0.3) is 10.0 Å². The van der Waals surface area contributed by atoms with Gasteiger partial charge in [-0.05, 0) is 36.4 Å². The summed E-state index contributed by atoms with van der Waals surface area (Å²) < 4.78 is 39.8. The predicted octanol–water partition coefficient (Wildman–Crippen LogP) is 2.50. The van der Waals surface area contributed by atoms with E-state index in [0.29, 0.717) is 5.39 Å². The van der Waals surface area contributed by atoms with Crippen LogP contribution in [-0.4, -0.2) is 18.6 Å². The zero-order chi connectivity index (χ0) is 14.2. The van der Waals surface area contributed by atoms with Gasteiger partial charge in [0.05, 0.1) is 22.3 Å². The molecule has 0 amide bonds. The third-order valence-electron chi connectivity index (χ3n) is 2.80. The van der Waals surface area contributed by atoms with Crippen LogP contribution in [0.4, 0.5) is 10.1 Å². The molecule has 0 spiro atoms. The fourth-order valence-corrected chi connectivity index (χ4v) is 2.94. The molecule has 0 unspecified atom stereocenters. The van der Waals surface area contributed by atoms with Gasteiger partial charge in [-0.25, -0.2) is 12.8 Å². The number of rotatable bonds is 3. The molecule has 2 aromatic carbocycles. The fraction of sp³-hybridized carbons (Fsp3) is 0. The molecule has 0 bridgehead atoms. The van der Waals surface area contributed by atoms with E-state index in [9.17, 15) is 12.8 Å². The lowest BCUT2D eigenvalue weighted by molar-refractivity contribution is 0.601. The van der Waals surface area contributed by atoms with E-state index >= 15 is 0 Å². The summed E-state index contributed by atoms with van der Waals surface area (Å²) in [5.41, 5.74) is 0.923. The number of aromatic amines is 1. The molecule has 1 heterocycles. The van der Waals surface area contributed by atoms with E-state index in [4.69, 9.17) is 0 Å². The molecule has 20 heavy (non-hydrogen) atoms. The average Bonchev–Trinajstić information content (AvgIpc) is 2.85. The number of benzene rings is 2. The van der Waals surface area contributed by atoms with Crippen LogP contribution in [0.25, 0.3) is 10.9 Å². The van der Waals surface area contributed by atoms with Gasteiger partial charge in [-0.2, -0.15) is 5.10 Å². The first-order valence-electron chi connectivity index (χ1n) is 5.76. The Morgan fingerprint density at radius 1 is 1.15 bits per heavy atom. The van der Waals surface area contributed by atoms with Gasteiger partial charge < -0.3 is 0 Å². The average molecular weight is 291 g/mol. The first-order valence-corrected chi connectivity index (χ1v) is 7.24. The monoisotopic (exact) mass is 291 g/mol. The normalized spacial score (nSPS) is 11.7. The maximum absolute atomic E-state index is 13.1. The highest BCUT2D eigenvalue weighted by molar-refractivity contribution is 7.92. The van der Waals surface area contributed by atoms with Crippen molar-refractivity contribution in [2.75, 3.05) is 4.72 Å². The molecule has 102 valence electrons. The van der Waals surface area contributed by atoms with Crippen molar-refractivity contribution in [3.8, 4) is 0 Å². The van der Waals surface area contributed by atoms with E-state index in [1.807, 2.05) is 0 Å². The Kier molecular flexibility index (Phi) is 2.90. The summed E-state index contributed by atoms with van der Waals surface area (Å²) >= 11 is 0. The molecule has 0 atom stereocenters. The van der Waals surface area contributed by atoms with Crippen LogP contribution in [0.3, 0.4) is 0 Å². The third-order valence-corrected chi connectivity index (χ3v) is 4.18. The van der Waals surface area contributed by atoms with Gasteiger partial charge in [0, 0.05) is 5.39 Å². The van der Waals surface area contributed by atoms with E-state index < -0.39 is 15.8 Å². The number of H-pyrrole nitrogens is 1. The van der Waals surface area contributed by atoms with Crippen LogP contribution in [0.15, 0.2) is 53.6 Å². The van der Waals surface area contributed by atoms with E-state index in [1.165, 1.54) is 36.5 Å². The highest BCUT2D eigenvalue weighted by Crippen LogP contribution is 2.20. The Hall–Kier alpha value is -2.41. The van der Waals surface area contributed by atoms with Crippen molar-refractivity contribution in [2.24, 2.45) is 0 Å². The van der Waals surface area contributed by atoms with Crippen LogP contribution in [0.1, 0.15) is 0 Å². The minimum atomic E-state index is -3.76. The quantitative estimate of drug-likeness (QED) is 0.778. The van der Waals surface area contributed by atoms with E-state index in [1.54, 1.807) is 6.07 Å². The highest BCUT2D eigenvalue weighted by atomic mass is 32.2. The molecule has 1 aromatic heterocycles. The number of hydrogen-bond donors (Lipinski definition) is 2. The Bertz CT molecular complexity index is 874. The van der Waals surface area contributed by atoms with E-state index in [-0.39, 0.29) is 10.6 Å². The second-order valence-corrected chi connectivity index (χ2v) is 5.92. The van der Waals surface area contributed by atoms with Gasteiger partial charge >= 0.3 is 0 Å². The van der Waals surface area contributed by atoms with Crippen molar-refractivity contribution in [3.05, 3.63) is 54.5 Å². The summed E-state index contributed by atoms with van der Waals surface area (Å²) in [6.07, 6.45) is 1.54. The Labute approximate surface area is 114 Å². The van der Waals surface area contributed by atoms with E-state index in [0.717, 1.165) is 11.6 Å². The zero-order valence-electron chi connectivity index (χ0n) is 10.2. The molecule has 0 saturated heterocycles. The largest absolute Gasteiger partial charge is 0.280 e. The molecule has 2 N–H and O–H groups in total. The van der Waals surface area contributed by atoms with Crippen molar-refractivity contribution in [1.82, 2.24) is 10.2 Å². The number of hydrogen-bond acceptors (Lipinski definition) is 3. The molecule has 0 radical (unpaired) electrons. The van der Waals surface area contributed by atoms with Crippen molar-refractivity contribution in [2.45, 2.75) is 4.90 Å². The van der Waals surface area contributed by atoms with Crippen molar-refractivity contribution in [3.63, 3.8) is 0 Å². The summed E-state index contributed by atoms with van der Waals surface area (Å²) in [7, 11) is -3.76. The molecule has 3 rings (SSSR count). The predicted molar refractivity (Wildman–Crippen MR) is 73.3 cm³/mol. The number of aromatic nitrogens is 2. The van der Waals surface area contributed by atoms with Crippen LogP contribution in [0.5, 0.6) is 0 Å². The maximum Gasteiger partial charge on any atom is 0.261 e. The highest BCUT2D eigenvalue weighted by Gasteiger charge is 2.15. The first-order chi connectivity index (χ1) is 9.54. The Morgan fingerprint density at radius 2 is 2.00 bits per heavy atom. The van der Waals surface area contributed by atoms with Crippen molar-refractivity contribution in [1.29, 1.82) is 0 Å². The van der Waals surface area contributed by atoms with Gasteiger partial charge in [0.2, 0.25) is 0 Å². The lowest BCUT2D eigenvalue weighted by Crippen LogP contribution is -2.12. The second kappa shape index (κ2) is 4.61. The minimum Gasteiger partial charge on any atom is -0.280 e. The number of sulfonamides is 1. The van der Waals surface area contributed by atoms with Gasteiger partial charge in [-0.15, -0.1) is 0 Å². The standard InChI is InChI=1S/C13H10FN3O2S/c14-10-2-1-3-11(7-10)17-20(18,19)12-4-5-13-9(6-12)8-15-16-13/h1-8,17H,(H,15,16). The molecule has 7 heteroatoms. The summed E-state index contributed by atoms with van der Waals surface area (Å²) in [6.45, 7) is 0. The molecule has 5 nitrogen and oxygen atoms in total. The van der Waals surface area contributed by atoms with Crippen molar-refractivity contribution < 1.29 is 12.8 Å². The lowest BCUT2D eigenvalue weighted by Gasteiger charge is -2.08. The first kappa shape index (κ1) is 12.6. The van der Waals surface area contributed by atoms with Gasteiger partial charge in [-0.3, -0.25) is 9.82 Å². The Balaban J connectivity index is 1.98. The summed E-state index contributed by atoms with van der Waals surface area (Å²) in [4.78, 5) is 0.0932. The van der Waals surface area contributed by atoms with E-state index in [2.05, 4.69) is 14.9 Å². The topological polar surface area (TPSA) is 74.8 Å². The van der Waals surface area contributed by atoms with Gasteiger partial charge in [0.15, 0.2) is 0 Å². The second-order valence-electron chi connectivity index (χ2n) is 4.23. The van der Waals surface area contributed by atoms with Crippen LogP contribution >= 0.6 is 0 Å². The van der Waals surface area contributed by atoms with Crippen molar-refractivity contribution >= 4 is 26.6 Å². The van der Waals surface area contributed by atoms with Crippen LogP contribution < -0.4 is 4.72 Å². The number of fused-ring (bicyclic) bond motifs is 1. The lowest BCUT2D eigenvalue weighted by atomic mass is 10.3. The molecule has 3 aromatic rings. The number of anilines is 1. The molecule has 0 aliphatic heterocycles. The molecular formula is C13H10FN3O2S. The maximum atomic E-state index is 13.1.